The summed E-state index contributed by atoms with van der Waals surface area (Å²) in [5.41, 5.74) is 0.815. The van der Waals surface area contributed by atoms with Gasteiger partial charge in [0.05, 0.1) is 9.80 Å². The molecule has 1 heterocycles. The zero-order valence-electron chi connectivity index (χ0n) is 8.81. The van der Waals surface area contributed by atoms with E-state index in [1.54, 1.807) is 18.2 Å². The minimum atomic E-state index is -3.22. The fraction of sp³-hybridized carbons (Fsp3) is 0.333. The molecule has 16 heavy (non-hydrogen) atoms. The highest BCUT2D eigenvalue weighted by atomic mass is 32.2. The SMILES string of the molecule is O=S1(=O)C(CNC2CC2)=Cc2ccccc21. The Morgan fingerprint density at radius 3 is 2.69 bits per heavy atom. The molecule has 1 aliphatic carbocycles. The van der Waals surface area contributed by atoms with Crippen molar-refractivity contribution in [3.63, 3.8) is 0 Å². The average molecular weight is 235 g/mol. The maximum absolute atomic E-state index is 12.1. The summed E-state index contributed by atoms with van der Waals surface area (Å²) in [5, 5.41) is 3.24. The molecule has 0 amide bonds. The molecule has 84 valence electrons. The van der Waals surface area contributed by atoms with Gasteiger partial charge in [0.25, 0.3) is 0 Å². The molecular formula is C12H13NO2S. The normalized spacial score (nSPS) is 21.6. The Bertz CT molecular complexity index is 556. The van der Waals surface area contributed by atoms with Gasteiger partial charge in [-0.05, 0) is 30.5 Å². The quantitative estimate of drug-likeness (QED) is 0.865. The van der Waals surface area contributed by atoms with Gasteiger partial charge >= 0.3 is 0 Å². The predicted octanol–water partition coefficient (Wildman–Crippen LogP) is 1.57. The molecule has 1 aliphatic heterocycles. The van der Waals surface area contributed by atoms with Gasteiger partial charge < -0.3 is 5.32 Å². The standard InChI is InChI=1S/C12H13NO2S/c14-16(15)11(8-13-10-5-6-10)7-9-3-1-2-4-12(9)16/h1-4,7,10,13H,5-6,8H2. The molecule has 0 radical (unpaired) electrons. The van der Waals surface area contributed by atoms with Crippen LogP contribution >= 0.6 is 0 Å². The van der Waals surface area contributed by atoms with Crippen molar-refractivity contribution in [1.82, 2.24) is 5.32 Å². The van der Waals surface area contributed by atoms with Crippen molar-refractivity contribution in [3.8, 4) is 0 Å². The van der Waals surface area contributed by atoms with Crippen LogP contribution in [0.3, 0.4) is 0 Å². The van der Waals surface area contributed by atoms with E-state index in [-0.39, 0.29) is 0 Å². The Kier molecular flexibility index (Phi) is 2.16. The summed E-state index contributed by atoms with van der Waals surface area (Å²) in [6, 6.07) is 7.67. The lowest BCUT2D eigenvalue weighted by atomic mass is 10.2. The highest BCUT2D eigenvalue weighted by Gasteiger charge is 2.30. The number of sulfone groups is 1. The van der Waals surface area contributed by atoms with Crippen LogP contribution in [0.25, 0.3) is 6.08 Å². The van der Waals surface area contributed by atoms with E-state index >= 15 is 0 Å². The molecule has 1 aromatic rings. The summed E-state index contributed by atoms with van der Waals surface area (Å²) in [4.78, 5) is 0.947. The van der Waals surface area contributed by atoms with Gasteiger partial charge in [0.1, 0.15) is 0 Å². The van der Waals surface area contributed by atoms with E-state index in [1.165, 1.54) is 12.8 Å². The predicted molar refractivity (Wildman–Crippen MR) is 62.6 cm³/mol. The Labute approximate surface area is 95.1 Å². The van der Waals surface area contributed by atoms with Crippen molar-refractivity contribution in [2.75, 3.05) is 6.54 Å². The zero-order valence-corrected chi connectivity index (χ0v) is 9.63. The first-order valence-electron chi connectivity index (χ1n) is 5.46. The van der Waals surface area contributed by atoms with Crippen LogP contribution in [0.1, 0.15) is 18.4 Å². The third kappa shape index (κ3) is 1.58. The Balaban J connectivity index is 1.91. The van der Waals surface area contributed by atoms with Crippen LogP contribution in [0.4, 0.5) is 0 Å². The van der Waals surface area contributed by atoms with Crippen LogP contribution < -0.4 is 5.32 Å². The second-order valence-corrected chi connectivity index (χ2v) is 6.28. The third-order valence-corrected chi connectivity index (χ3v) is 4.92. The molecule has 1 saturated carbocycles. The summed E-state index contributed by atoms with van der Waals surface area (Å²) in [6.45, 7) is 0.460. The molecular weight excluding hydrogens is 222 g/mol. The maximum Gasteiger partial charge on any atom is 0.204 e. The molecule has 3 nitrogen and oxygen atoms in total. The first-order valence-corrected chi connectivity index (χ1v) is 6.94. The van der Waals surface area contributed by atoms with Gasteiger partial charge in [-0.3, -0.25) is 0 Å². The van der Waals surface area contributed by atoms with E-state index in [2.05, 4.69) is 5.32 Å². The molecule has 0 aromatic heterocycles. The van der Waals surface area contributed by atoms with E-state index in [4.69, 9.17) is 0 Å². The topological polar surface area (TPSA) is 46.2 Å². The Morgan fingerprint density at radius 1 is 1.25 bits per heavy atom. The monoisotopic (exact) mass is 235 g/mol. The van der Waals surface area contributed by atoms with Crippen molar-refractivity contribution >= 4 is 15.9 Å². The first-order chi connectivity index (χ1) is 7.68. The van der Waals surface area contributed by atoms with Crippen LogP contribution in [0.15, 0.2) is 34.1 Å². The second kappa shape index (κ2) is 3.43. The number of fused-ring (bicyclic) bond motifs is 1. The highest BCUT2D eigenvalue weighted by molar-refractivity contribution is 7.95. The number of benzene rings is 1. The van der Waals surface area contributed by atoms with Crippen LogP contribution in [-0.4, -0.2) is 21.0 Å². The Hall–Kier alpha value is -1.13. The summed E-state index contributed by atoms with van der Waals surface area (Å²) in [7, 11) is -3.22. The minimum Gasteiger partial charge on any atom is -0.309 e. The molecule has 1 fully saturated rings. The lowest BCUT2D eigenvalue weighted by molar-refractivity contribution is 0.600. The fourth-order valence-electron chi connectivity index (χ4n) is 1.92. The summed E-state index contributed by atoms with van der Waals surface area (Å²) in [5.74, 6) is 0. The zero-order chi connectivity index (χ0) is 11.2. The number of nitrogens with one attached hydrogen (secondary N) is 1. The van der Waals surface area contributed by atoms with Crippen LogP contribution in [0.5, 0.6) is 0 Å². The van der Waals surface area contributed by atoms with Crippen molar-refractivity contribution in [3.05, 3.63) is 34.7 Å². The van der Waals surface area contributed by atoms with E-state index in [0.717, 1.165) is 5.56 Å². The summed E-state index contributed by atoms with van der Waals surface area (Å²) in [6.07, 6.45) is 4.11. The largest absolute Gasteiger partial charge is 0.309 e. The number of hydrogen-bond donors (Lipinski definition) is 1. The summed E-state index contributed by atoms with van der Waals surface area (Å²) < 4.78 is 24.2. The number of rotatable bonds is 3. The van der Waals surface area contributed by atoms with E-state index in [0.29, 0.717) is 22.4 Å². The maximum atomic E-state index is 12.1. The Morgan fingerprint density at radius 2 is 2.00 bits per heavy atom. The van der Waals surface area contributed by atoms with Gasteiger partial charge in [0.2, 0.25) is 9.84 Å². The average Bonchev–Trinajstić information content (AvgIpc) is 3.04. The second-order valence-electron chi connectivity index (χ2n) is 4.31. The molecule has 4 heteroatoms. The van der Waals surface area contributed by atoms with Crippen LogP contribution in [-0.2, 0) is 9.84 Å². The van der Waals surface area contributed by atoms with Gasteiger partial charge in [-0.25, -0.2) is 8.42 Å². The lowest BCUT2D eigenvalue weighted by Crippen LogP contribution is -2.21. The summed E-state index contributed by atoms with van der Waals surface area (Å²) >= 11 is 0. The smallest absolute Gasteiger partial charge is 0.204 e. The van der Waals surface area contributed by atoms with Crippen molar-refractivity contribution in [1.29, 1.82) is 0 Å². The third-order valence-electron chi connectivity index (χ3n) is 3.01. The van der Waals surface area contributed by atoms with Crippen molar-refractivity contribution < 1.29 is 8.42 Å². The molecule has 0 saturated heterocycles. The van der Waals surface area contributed by atoms with Crippen molar-refractivity contribution in [2.24, 2.45) is 0 Å². The molecule has 3 rings (SSSR count). The van der Waals surface area contributed by atoms with E-state index in [9.17, 15) is 8.42 Å². The lowest BCUT2D eigenvalue weighted by Gasteiger charge is -2.04. The van der Waals surface area contributed by atoms with E-state index < -0.39 is 9.84 Å². The number of hydrogen-bond acceptors (Lipinski definition) is 3. The molecule has 0 bridgehead atoms. The molecule has 2 aliphatic rings. The van der Waals surface area contributed by atoms with Gasteiger partial charge in [-0.15, -0.1) is 0 Å². The fourth-order valence-corrected chi connectivity index (χ4v) is 3.45. The van der Waals surface area contributed by atoms with Gasteiger partial charge in [-0.2, -0.15) is 0 Å². The first kappa shape index (κ1) is 10.1. The molecule has 1 aromatic carbocycles. The highest BCUT2D eigenvalue weighted by Crippen LogP contribution is 2.32. The van der Waals surface area contributed by atoms with Gasteiger partial charge in [0.15, 0.2) is 0 Å². The van der Waals surface area contributed by atoms with Crippen molar-refractivity contribution in [2.45, 2.75) is 23.8 Å². The minimum absolute atomic E-state index is 0.447. The van der Waals surface area contributed by atoms with Crippen LogP contribution in [0.2, 0.25) is 0 Å². The molecule has 1 N–H and O–H groups in total. The molecule has 0 atom stereocenters. The van der Waals surface area contributed by atoms with Gasteiger partial charge in [-0.1, -0.05) is 18.2 Å². The van der Waals surface area contributed by atoms with E-state index in [1.807, 2.05) is 12.1 Å². The molecule has 0 unspecified atom stereocenters. The molecule has 0 spiro atoms. The van der Waals surface area contributed by atoms with Gasteiger partial charge in [0, 0.05) is 12.6 Å². The van der Waals surface area contributed by atoms with Crippen LogP contribution in [0, 0.1) is 0 Å².